The Morgan fingerprint density at radius 1 is 1.29 bits per heavy atom. The second kappa shape index (κ2) is 9.76. The summed E-state index contributed by atoms with van der Waals surface area (Å²) in [6.45, 7) is 8.07. The van der Waals surface area contributed by atoms with Gasteiger partial charge in [0.15, 0.2) is 5.96 Å². The maximum atomic E-state index is 12.1. The lowest BCUT2D eigenvalue weighted by atomic mass is 9.95. The van der Waals surface area contributed by atoms with E-state index in [9.17, 15) is 4.21 Å². The van der Waals surface area contributed by atoms with Crippen molar-refractivity contribution in [2.75, 3.05) is 25.9 Å². The van der Waals surface area contributed by atoms with Crippen molar-refractivity contribution in [3.63, 3.8) is 0 Å². The molecule has 0 saturated heterocycles. The van der Waals surface area contributed by atoms with Gasteiger partial charge in [-0.2, -0.15) is 0 Å². The summed E-state index contributed by atoms with van der Waals surface area (Å²) in [5, 5.41) is 7.31. The first-order valence-corrected chi connectivity index (χ1v) is 11.1. The van der Waals surface area contributed by atoms with Crippen LogP contribution in [0.25, 0.3) is 0 Å². The lowest BCUT2D eigenvalue weighted by Crippen LogP contribution is -2.47. The van der Waals surface area contributed by atoms with Crippen LogP contribution in [0.1, 0.15) is 59.3 Å². The number of hydrogen-bond acceptors (Lipinski definition) is 3. The van der Waals surface area contributed by atoms with Gasteiger partial charge in [-0.1, -0.05) is 13.3 Å². The number of nitrogens with zero attached hydrogens (tertiary/aromatic N) is 2. The van der Waals surface area contributed by atoms with Crippen LogP contribution in [0.15, 0.2) is 4.99 Å². The largest absolute Gasteiger partial charge is 0.357 e. The summed E-state index contributed by atoms with van der Waals surface area (Å²) in [4.78, 5) is 7.26. The van der Waals surface area contributed by atoms with Crippen molar-refractivity contribution in [1.29, 1.82) is 0 Å². The molecule has 0 aromatic carbocycles. The highest BCUT2D eigenvalue weighted by molar-refractivity contribution is 7.85. The summed E-state index contributed by atoms with van der Waals surface area (Å²) in [5.74, 6) is 1.69. The van der Waals surface area contributed by atoms with Crippen LogP contribution in [-0.4, -0.2) is 64.3 Å². The predicted octanol–water partition coefficient (Wildman–Crippen LogP) is 2.10. The number of likely N-dealkylation sites (N-methyl/N-ethyl adjacent to an activating group) is 1. The second-order valence-corrected chi connectivity index (χ2v) is 9.27. The molecular formula is C18H36N4OS. The molecule has 2 fully saturated rings. The molecule has 4 atom stereocenters. The highest BCUT2D eigenvalue weighted by Crippen LogP contribution is 2.27. The topological polar surface area (TPSA) is 56.7 Å². The Morgan fingerprint density at radius 3 is 2.67 bits per heavy atom. The molecule has 4 unspecified atom stereocenters. The van der Waals surface area contributed by atoms with E-state index in [0.717, 1.165) is 56.5 Å². The van der Waals surface area contributed by atoms with E-state index in [2.05, 4.69) is 36.4 Å². The fourth-order valence-corrected chi connectivity index (χ4v) is 4.81. The van der Waals surface area contributed by atoms with Crippen molar-refractivity contribution < 1.29 is 4.21 Å². The third-order valence-electron chi connectivity index (χ3n) is 5.30. The van der Waals surface area contributed by atoms with Crippen LogP contribution >= 0.6 is 0 Å². The molecule has 0 amide bonds. The van der Waals surface area contributed by atoms with Gasteiger partial charge < -0.3 is 10.6 Å². The van der Waals surface area contributed by atoms with Crippen molar-refractivity contribution in [1.82, 2.24) is 15.5 Å². The highest BCUT2D eigenvalue weighted by atomic mass is 32.2. The van der Waals surface area contributed by atoms with Crippen molar-refractivity contribution in [2.24, 2.45) is 4.99 Å². The number of hydrogen-bond donors (Lipinski definition) is 2. The Balaban J connectivity index is 1.86. The molecule has 2 saturated carbocycles. The van der Waals surface area contributed by atoms with Crippen LogP contribution in [0.5, 0.6) is 0 Å². The monoisotopic (exact) mass is 356 g/mol. The van der Waals surface area contributed by atoms with Gasteiger partial charge in [-0.05, 0) is 53.0 Å². The van der Waals surface area contributed by atoms with Crippen molar-refractivity contribution in [3.8, 4) is 0 Å². The van der Waals surface area contributed by atoms with Crippen LogP contribution in [0.2, 0.25) is 0 Å². The number of guanidine groups is 1. The fourth-order valence-electron chi connectivity index (χ4n) is 3.46. The normalized spacial score (nSPS) is 27.8. The molecule has 2 aliphatic rings. The van der Waals surface area contributed by atoms with E-state index in [0.29, 0.717) is 17.3 Å². The SMILES string of the molecule is CCNC(=NCC(C)N(C)C1CC1)NC1CCCC(S(=O)CC)C1. The number of aliphatic imine (C=N–C) groups is 1. The van der Waals surface area contributed by atoms with Crippen LogP contribution in [-0.2, 0) is 10.8 Å². The highest BCUT2D eigenvalue weighted by Gasteiger charge is 2.29. The molecule has 6 heteroatoms. The minimum absolute atomic E-state index is 0.351. The Labute approximate surface area is 150 Å². The Bertz CT molecular complexity index is 439. The molecule has 0 radical (unpaired) electrons. The number of nitrogens with one attached hydrogen (secondary N) is 2. The molecule has 0 aromatic rings. The summed E-state index contributed by atoms with van der Waals surface area (Å²) in [6.07, 6.45) is 7.09. The maximum absolute atomic E-state index is 12.1. The van der Waals surface area contributed by atoms with Gasteiger partial charge in [-0.15, -0.1) is 0 Å². The molecule has 0 aliphatic heterocycles. The van der Waals surface area contributed by atoms with E-state index >= 15 is 0 Å². The zero-order chi connectivity index (χ0) is 17.5. The Kier molecular flexibility index (Phi) is 8.01. The van der Waals surface area contributed by atoms with Crippen LogP contribution < -0.4 is 10.6 Å². The van der Waals surface area contributed by atoms with Gasteiger partial charge >= 0.3 is 0 Å². The standard InChI is InChI=1S/C18H36N4OS/c1-5-19-18(20-13-14(3)22(4)16-10-11-16)21-15-8-7-9-17(12-15)24(23)6-2/h14-17H,5-13H2,1-4H3,(H2,19,20,21). The van der Waals surface area contributed by atoms with Crippen molar-refractivity contribution in [2.45, 2.75) is 82.7 Å². The van der Waals surface area contributed by atoms with Crippen molar-refractivity contribution >= 4 is 16.8 Å². The van der Waals surface area contributed by atoms with E-state index < -0.39 is 10.8 Å². The molecule has 0 aromatic heterocycles. The first kappa shape index (κ1) is 19.7. The van der Waals surface area contributed by atoms with E-state index in [1.807, 2.05) is 6.92 Å². The lowest BCUT2D eigenvalue weighted by molar-refractivity contribution is 0.253. The molecule has 0 spiro atoms. The van der Waals surface area contributed by atoms with E-state index in [4.69, 9.17) is 4.99 Å². The lowest BCUT2D eigenvalue weighted by Gasteiger charge is -2.30. The van der Waals surface area contributed by atoms with Gasteiger partial charge in [0.25, 0.3) is 0 Å². The Morgan fingerprint density at radius 2 is 2.04 bits per heavy atom. The average Bonchev–Trinajstić information content (AvgIpc) is 3.43. The molecule has 5 nitrogen and oxygen atoms in total. The first-order chi connectivity index (χ1) is 11.5. The molecule has 24 heavy (non-hydrogen) atoms. The molecule has 2 N–H and O–H groups in total. The zero-order valence-electron chi connectivity index (χ0n) is 15.9. The Hall–Kier alpha value is -0.620. The number of rotatable bonds is 8. The summed E-state index contributed by atoms with van der Waals surface area (Å²) < 4.78 is 12.1. The summed E-state index contributed by atoms with van der Waals surface area (Å²) in [5.41, 5.74) is 0. The average molecular weight is 357 g/mol. The van der Waals surface area contributed by atoms with E-state index in [1.54, 1.807) is 0 Å². The zero-order valence-corrected chi connectivity index (χ0v) is 16.7. The van der Waals surface area contributed by atoms with Crippen molar-refractivity contribution in [3.05, 3.63) is 0 Å². The molecule has 140 valence electrons. The van der Waals surface area contributed by atoms with Gasteiger partial charge in [0, 0.05) is 46.5 Å². The second-order valence-electron chi connectivity index (χ2n) is 7.26. The minimum Gasteiger partial charge on any atom is -0.357 e. The quantitative estimate of drug-likeness (QED) is 0.517. The summed E-state index contributed by atoms with van der Waals surface area (Å²) in [7, 11) is 1.54. The molecular weight excluding hydrogens is 320 g/mol. The predicted molar refractivity (Wildman–Crippen MR) is 104 cm³/mol. The van der Waals surface area contributed by atoms with Gasteiger partial charge in [0.1, 0.15) is 0 Å². The van der Waals surface area contributed by atoms with E-state index in [1.165, 1.54) is 12.8 Å². The van der Waals surface area contributed by atoms with E-state index in [-0.39, 0.29) is 0 Å². The van der Waals surface area contributed by atoms with Gasteiger partial charge in [-0.25, -0.2) is 0 Å². The third kappa shape index (κ3) is 6.03. The van der Waals surface area contributed by atoms with Crippen LogP contribution in [0, 0.1) is 0 Å². The van der Waals surface area contributed by atoms with Gasteiger partial charge in [0.2, 0.25) is 0 Å². The summed E-state index contributed by atoms with van der Waals surface area (Å²) in [6, 6.07) is 1.64. The minimum atomic E-state index is -0.675. The first-order valence-electron chi connectivity index (χ1n) is 9.69. The van der Waals surface area contributed by atoms with Gasteiger partial charge in [0.05, 0.1) is 6.54 Å². The third-order valence-corrected chi connectivity index (χ3v) is 7.04. The maximum Gasteiger partial charge on any atom is 0.191 e. The van der Waals surface area contributed by atoms with Gasteiger partial charge in [-0.3, -0.25) is 14.1 Å². The molecule has 2 rings (SSSR count). The molecule has 0 heterocycles. The molecule has 0 bridgehead atoms. The molecule has 2 aliphatic carbocycles. The smallest absolute Gasteiger partial charge is 0.191 e. The fraction of sp³-hybridized carbons (Fsp3) is 0.944. The van der Waals surface area contributed by atoms with Crippen LogP contribution in [0.3, 0.4) is 0 Å². The van der Waals surface area contributed by atoms with Crippen LogP contribution in [0.4, 0.5) is 0 Å². The summed E-state index contributed by atoms with van der Waals surface area (Å²) >= 11 is 0.